The largest absolute Gasteiger partial charge is 0.370 e. The standard InChI is InChI=1S/C17H26N2O2/c1-4-5-10-18-17(20)19-11-16(21-12-14(19)3)15-9-7-6-8-13(15)2/h6-9,14,16H,4-5,10-12H2,1-3H3,(H,18,20)/t14-,16-/m1/s1. The molecule has 116 valence electrons. The predicted molar refractivity (Wildman–Crippen MR) is 84.3 cm³/mol. The summed E-state index contributed by atoms with van der Waals surface area (Å²) in [7, 11) is 0. The van der Waals surface area contributed by atoms with Crippen LogP contribution in [-0.2, 0) is 4.74 Å². The van der Waals surface area contributed by atoms with Crippen LogP contribution in [0, 0.1) is 6.92 Å². The van der Waals surface area contributed by atoms with Gasteiger partial charge in [0.1, 0.15) is 6.10 Å². The van der Waals surface area contributed by atoms with E-state index in [0.29, 0.717) is 13.2 Å². The number of nitrogens with one attached hydrogen (secondary N) is 1. The summed E-state index contributed by atoms with van der Waals surface area (Å²) in [6.07, 6.45) is 2.08. The monoisotopic (exact) mass is 290 g/mol. The fourth-order valence-corrected chi connectivity index (χ4v) is 2.65. The number of carbonyl (C=O) groups is 1. The minimum Gasteiger partial charge on any atom is -0.370 e. The number of carbonyl (C=O) groups excluding carboxylic acids is 1. The molecule has 0 bridgehead atoms. The Balaban J connectivity index is 2.02. The predicted octanol–water partition coefficient (Wildman–Crippen LogP) is 3.27. The lowest BCUT2D eigenvalue weighted by molar-refractivity contribution is -0.0430. The van der Waals surface area contributed by atoms with Gasteiger partial charge in [-0.1, -0.05) is 37.6 Å². The second-order valence-electron chi connectivity index (χ2n) is 5.77. The lowest BCUT2D eigenvalue weighted by Gasteiger charge is -2.38. The number of benzene rings is 1. The van der Waals surface area contributed by atoms with Gasteiger partial charge in [0, 0.05) is 6.54 Å². The molecule has 2 rings (SSSR count). The van der Waals surface area contributed by atoms with E-state index in [2.05, 4.69) is 31.3 Å². The molecule has 1 aromatic carbocycles. The smallest absolute Gasteiger partial charge is 0.317 e. The van der Waals surface area contributed by atoms with Crippen molar-refractivity contribution in [1.29, 1.82) is 0 Å². The van der Waals surface area contributed by atoms with Crippen LogP contribution < -0.4 is 5.32 Å². The molecule has 1 aliphatic rings. The fraction of sp³-hybridized carbons (Fsp3) is 0.588. The quantitative estimate of drug-likeness (QED) is 0.865. The van der Waals surface area contributed by atoms with Crippen molar-refractivity contribution in [3.8, 4) is 0 Å². The summed E-state index contributed by atoms with van der Waals surface area (Å²) in [6.45, 7) is 8.19. The van der Waals surface area contributed by atoms with E-state index in [-0.39, 0.29) is 18.2 Å². The fourth-order valence-electron chi connectivity index (χ4n) is 2.65. The number of aryl methyl sites for hydroxylation is 1. The SMILES string of the molecule is CCCCNC(=O)N1C[C@H](c2ccccc2C)OC[C@H]1C. The first-order valence-electron chi connectivity index (χ1n) is 7.85. The van der Waals surface area contributed by atoms with E-state index < -0.39 is 0 Å². The first-order valence-corrected chi connectivity index (χ1v) is 7.85. The van der Waals surface area contributed by atoms with Crippen molar-refractivity contribution in [2.75, 3.05) is 19.7 Å². The van der Waals surface area contributed by atoms with Gasteiger partial charge in [0.15, 0.2) is 0 Å². The average molecular weight is 290 g/mol. The number of rotatable bonds is 4. The second-order valence-corrected chi connectivity index (χ2v) is 5.77. The van der Waals surface area contributed by atoms with Crippen LogP contribution >= 0.6 is 0 Å². The number of unbranched alkanes of at least 4 members (excludes halogenated alkanes) is 1. The first-order chi connectivity index (χ1) is 10.1. The Labute approximate surface area is 127 Å². The molecule has 1 N–H and O–H groups in total. The van der Waals surface area contributed by atoms with Crippen LogP contribution in [0.5, 0.6) is 0 Å². The average Bonchev–Trinajstić information content (AvgIpc) is 2.48. The van der Waals surface area contributed by atoms with Gasteiger partial charge in [0.2, 0.25) is 0 Å². The van der Waals surface area contributed by atoms with Crippen molar-refractivity contribution >= 4 is 6.03 Å². The van der Waals surface area contributed by atoms with Gasteiger partial charge in [-0.2, -0.15) is 0 Å². The molecule has 1 aromatic rings. The molecule has 0 aliphatic carbocycles. The van der Waals surface area contributed by atoms with E-state index in [9.17, 15) is 4.79 Å². The molecule has 1 fully saturated rings. The summed E-state index contributed by atoms with van der Waals surface area (Å²) in [4.78, 5) is 14.2. The molecule has 1 heterocycles. The van der Waals surface area contributed by atoms with Gasteiger partial charge < -0.3 is 15.0 Å². The van der Waals surface area contributed by atoms with Gasteiger partial charge in [-0.3, -0.25) is 0 Å². The highest BCUT2D eigenvalue weighted by Gasteiger charge is 2.30. The number of hydrogen-bond donors (Lipinski definition) is 1. The van der Waals surface area contributed by atoms with Gasteiger partial charge in [0.25, 0.3) is 0 Å². The molecular formula is C17H26N2O2. The molecule has 4 heteroatoms. The van der Waals surface area contributed by atoms with Gasteiger partial charge in [-0.25, -0.2) is 4.79 Å². The number of hydrogen-bond acceptors (Lipinski definition) is 2. The van der Waals surface area contributed by atoms with Crippen LogP contribution in [0.25, 0.3) is 0 Å². The summed E-state index contributed by atoms with van der Waals surface area (Å²) >= 11 is 0. The van der Waals surface area contributed by atoms with Gasteiger partial charge in [-0.15, -0.1) is 0 Å². The third kappa shape index (κ3) is 3.97. The van der Waals surface area contributed by atoms with Gasteiger partial charge >= 0.3 is 6.03 Å². The zero-order valence-corrected chi connectivity index (χ0v) is 13.3. The van der Waals surface area contributed by atoms with E-state index in [1.54, 1.807) is 0 Å². The maximum atomic E-state index is 12.3. The Hall–Kier alpha value is -1.55. The van der Waals surface area contributed by atoms with Crippen molar-refractivity contribution < 1.29 is 9.53 Å². The van der Waals surface area contributed by atoms with Crippen molar-refractivity contribution in [3.63, 3.8) is 0 Å². The lowest BCUT2D eigenvalue weighted by atomic mass is 10.0. The van der Waals surface area contributed by atoms with E-state index in [1.165, 1.54) is 11.1 Å². The topological polar surface area (TPSA) is 41.6 Å². The highest BCUT2D eigenvalue weighted by atomic mass is 16.5. The summed E-state index contributed by atoms with van der Waals surface area (Å²) in [6, 6.07) is 8.37. The third-order valence-electron chi connectivity index (χ3n) is 4.04. The van der Waals surface area contributed by atoms with Crippen LogP contribution in [0.2, 0.25) is 0 Å². The maximum Gasteiger partial charge on any atom is 0.317 e. The molecule has 4 nitrogen and oxygen atoms in total. The summed E-state index contributed by atoms with van der Waals surface area (Å²) in [5.41, 5.74) is 2.39. The van der Waals surface area contributed by atoms with Crippen LogP contribution in [0.1, 0.15) is 43.9 Å². The van der Waals surface area contributed by atoms with Crippen LogP contribution in [-0.4, -0.2) is 36.7 Å². The molecule has 2 amide bonds. The molecule has 2 atom stereocenters. The van der Waals surface area contributed by atoms with E-state index in [0.717, 1.165) is 19.4 Å². The van der Waals surface area contributed by atoms with Crippen molar-refractivity contribution in [1.82, 2.24) is 10.2 Å². The molecule has 0 aromatic heterocycles. The Morgan fingerprint density at radius 3 is 2.90 bits per heavy atom. The lowest BCUT2D eigenvalue weighted by Crippen LogP contribution is -2.52. The molecule has 1 saturated heterocycles. The normalized spacial score (nSPS) is 22.1. The highest BCUT2D eigenvalue weighted by molar-refractivity contribution is 5.74. The third-order valence-corrected chi connectivity index (χ3v) is 4.04. The molecule has 0 unspecified atom stereocenters. The first kappa shape index (κ1) is 15.8. The molecule has 1 aliphatic heterocycles. The molecule has 21 heavy (non-hydrogen) atoms. The summed E-state index contributed by atoms with van der Waals surface area (Å²) in [5, 5.41) is 3.00. The van der Waals surface area contributed by atoms with Crippen LogP contribution in [0.4, 0.5) is 4.79 Å². The van der Waals surface area contributed by atoms with Gasteiger partial charge in [-0.05, 0) is 31.4 Å². The number of ether oxygens (including phenoxy) is 1. The number of amides is 2. The molecule has 0 saturated carbocycles. The van der Waals surface area contributed by atoms with E-state index >= 15 is 0 Å². The second kappa shape index (κ2) is 7.46. The Bertz CT molecular complexity index is 476. The zero-order valence-electron chi connectivity index (χ0n) is 13.3. The summed E-state index contributed by atoms with van der Waals surface area (Å²) < 4.78 is 5.94. The van der Waals surface area contributed by atoms with Crippen LogP contribution in [0.15, 0.2) is 24.3 Å². The highest BCUT2D eigenvalue weighted by Crippen LogP contribution is 2.27. The van der Waals surface area contributed by atoms with Crippen LogP contribution in [0.3, 0.4) is 0 Å². The summed E-state index contributed by atoms with van der Waals surface area (Å²) in [5.74, 6) is 0. The molecule has 0 spiro atoms. The zero-order chi connectivity index (χ0) is 15.2. The Morgan fingerprint density at radius 1 is 1.43 bits per heavy atom. The maximum absolute atomic E-state index is 12.3. The number of urea groups is 1. The van der Waals surface area contributed by atoms with Crippen molar-refractivity contribution in [3.05, 3.63) is 35.4 Å². The molecular weight excluding hydrogens is 264 g/mol. The minimum absolute atomic E-state index is 0.0258. The Kier molecular flexibility index (Phi) is 5.62. The number of morpholine rings is 1. The van der Waals surface area contributed by atoms with Gasteiger partial charge in [0.05, 0.1) is 19.2 Å². The van der Waals surface area contributed by atoms with E-state index in [1.807, 2.05) is 24.0 Å². The minimum atomic E-state index is -0.0284. The molecule has 0 radical (unpaired) electrons. The Morgan fingerprint density at radius 2 is 2.19 bits per heavy atom. The van der Waals surface area contributed by atoms with Crippen molar-refractivity contribution in [2.45, 2.75) is 45.8 Å². The number of nitrogens with zero attached hydrogens (tertiary/aromatic N) is 1. The van der Waals surface area contributed by atoms with Crippen molar-refractivity contribution in [2.24, 2.45) is 0 Å². The van der Waals surface area contributed by atoms with E-state index in [4.69, 9.17) is 4.74 Å².